The Morgan fingerprint density at radius 1 is 1.12 bits per heavy atom. The predicted molar refractivity (Wildman–Crippen MR) is 97.4 cm³/mol. The van der Waals surface area contributed by atoms with Crippen molar-refractivity contribution < 1.29 is 9.90 Å². The zero-order chi connectivity index (χ0) is 17.6. The van der Waals surface area contributed by atoms with E-state index in [1.165, 1.54) is 4.90 Å². The summed E-state index contributed by atoms with van der Waals surface area (Å²) in [7, 11) is 1.60. The number of benzene rings is 2. The lowest BCUT2D eigenvalue weighted by Gasteiger charge is -2.23. The number of hydrogen-bond donors (Lipinski definition) is 1. The van der Waals surface area contributed by atoms with Crippen LogP contribution in [0, 0.1) is 0 Å². The monoisotopic (exact) mass is 334 g/mol. The Morgan fingerprint density at radius 3 is 2.64 bits per heavy atom. The van der Waals surface area contributed by atoms with E-state index >= 15 is 0 Å². The molecular weight excluding hydrogens is 316 g/mol. The molecule has 0 spiro atoms. The Bertz CT molecular complexity index is 1040. The zero-order valence-electron chi connectivity index (χ0n) is 13.9. The molecule has 1 aliphatic heterocycles. The van der Waals surface area contributed by atoms with Crippen molar-refractivity contribution in [3.63, 3.8) is 0 Å². The minimum Gasteiger partial charge on any atom is -0.506 e. The molecule has 3 aromatic rings. The van der Waals surface area contributed by atoms with Crippen LogP contribution in [0.3, 0.4) is 0 Å². The second-order valence-electron chi connectivity index (χ2n) is 6.30. The molecule has 0 aliphatic carbocycles. The molecule has 0 saturated heterocycles. The van der Waals surface area contributed by atoms with Crippen molar-refractivity contribution >= 4 is 22.5 Å². The van der Waals surface area contributed by atoms with Crippen LogP contribution >= 0.6 is 0 Å². The topological polar surface area (TPSA) is 62.5 Å². The van der Waals surface area contributed by atoms with Crippen molar-refractivity contribution in [2.45, 2.75) is 19.4 Å². The van der Waals surface area contributed by atoms with E-state index < -0.39 is 11.5 Å². The van der Waals surface area contributed by atoms with Crippen LogP contribution in [-0.2, 0) is 13.0 Å². The Balaban J connectivity index is 1.94. The maximum absolute atomic E-state index is 13.0. The van der Waals surface area contributed by atoms with E-state index in [-0.39, 0.29) is 11.3 Å². The van der Waals surface area contributed by atoms with Crippen LogP contribution in [0.15, 0.2) is 53.3 Å². The minimum atomic E-state index is -0.504. The molecule has 0 bridgehead atoms. The number of anilines is 1. The van der Waals surface area contributed by atoms with Crippen molar-refractivity contribution in [2.75, 3.05) is 11.9 Å². The van der Waals surface area contributed by atoms with Gasteiger partial charge in [0.05, 0.1) is 5.52 Å². The maximum atomic E-state index is 13.0. The standard InChI is InChI=1S/C20H18N2O3/c1-21(14-9-3-2-4-10-14)19(24)16-18(23)15-11-5-7-13-8-6-12-22(17(13)15)20(16)25/h2-5,7,9-11,23H,6,8,12H2,1H3. The van der Waals surface area contributed by atoms with Gasteiger partial charge < -0.3 is 14.6 Å². The Morgan fingerprint density at radius 2 is 1.88 bits per heavy atom. The van der Waals surface area contributed by atoms with Crippen molar-refractivity contribution in [1.29, 1.82) is 0 Å². The fraction of sp³-hybridized carbons (Fsp3) is 0.200. The molecule has 25 heavy (non-hydrogen) atoms. The molecule has 1 amide bonds. The molecule has 1 N–H and O–H groups in total. The van der Waals surface area contributed by atoms with Gasteiger partial charge in [0, 0.05) is 24.7 Å². The molecule has 2 heterocycles. The van der Waals surface area contributed by atoms with Crippen LogP contribution in [0.5, 0.6) is 5.75 Å². The molecular formula is C20H18N2O3. The summed E-state index contributed by atoms with van der Waals surface area (Å²) in [5.74, 6) is -0.733. The SMILES string of the molecule is CN(C(=O)c1c(O)c2cccc3c2n(c1=O)CCC3)c1ccccc1. The van der Waals surface area contributed by atoms with Gasteiger partial charge in [-0.2, -0.15) is 0 Å². The first-order valence-corrected chi connectivity index (χ1v) is 8.30. The Labute approximate surface area is 144 Å². The fourth-order valence-corrected chi connectivity index (χ4v) is 3.55. The molecule has 0 atom stereocenters. The van der Waals surface area contributed by atoms with Crippen LogP contribution < -0.4 is 10.5 Å². The Hall–Kier alpha value is -3.08. The summed E-state index contributed by atoms with van der Waals surface area (Å²) in [6.45, 7) is 0.557. The molecule has 0 radical (unpaired) electrons. The van der Waals surface area contributed by atoms with E-state index in [2.05, 4.69) is 0 Å². The summed E-state index contributed by atoms with van der Waals surface area (Å²) in [6, 6.07) is 14.7. The van der Waals surface area contributed by atoms with Gasteiger partial charge >= 0.3 is 0 Å². The second-order valence-corrected chi connectivity index (χ2v) is 6.30. The third-order valence-electron chi connectivity index (χ3n) is 4.83. The van der Waals surface area contributed by atoms with E-state index in [0.717, 1.165) is 23.9 Å². The first-order valence-electron chi connectivity index (χ1n) is 8.30. The highest BCUT2D eigenvalue weighted by molar-refractivity contribution is 6.10. The van der Waals surface area contributed by atoms with Crippen LogP contribution in [0.4, 0.5) is 5.69 Å². The number of para-hydroxylation sites is 2. The van der Waals surface area contributed by atoms with E-state index in [9.17, 15) is 14.7 Å². The number of pyridine rings is 1. The third kappa shape index (κ3) is 2.31. The first kappa shape index (κ1) is 15.4. The van der Waals surface area contributed by atoms with Gasteiger partial charge in [-0.3, -0.25) is 9.59 Å². The van der Waals surface area contributed by atoms with E-state index in [4.69, 9.17) is 0 Å². The number of aryl methyl sites for hydroxylation is 2. The third-order valence-corrected chi connectivity index (χ3v) is 4.83. The molecule has 0 saturated carbocycles. The van der Waals surface area contributed by atoms with E-state index in [0.29, 0.717) is 17.6 Å². The summed E-state index contributed by atoms with van der Waals surface area (Å²) in [5, 5.41) is 11.3. The number of aromatic nitrogens is 1. The molecule has 1 aliphatic rings. The van der Waals surface area contributed by atoms with Crippen LogP contribution in [-0.4, -0.2) is 22.6 Å². The van der Waals surface area contributed by atoms with Gasteiger partial charge in [0.1, 0.15) is 11.3 Å². The summed E-state index contributed by atoms with van der Waals surface area (Å²) in [4.78, 5) is 27.3. The smallest absolute Gasteiger partial charge is 0.267 e. The van der Waals surface area contributed by atoms with Crippen molar-refractivity contribution in [3.05, 3.63) is 70.0 Å². The lowest BCUT2D eigenvalue weighted by atomic mass is 9.99. The number of nitrogens with zero attached hydrogens (tertiary/aromatic N) is 2. The summed E-state index contributed by atoms with van der Waals surface area (Å²) >= 11 is 0. The van der Waals surface area contributed by atoms with Gasteiger partial charge in [-0.05, 0) is 36.6 Å². The molecule has 1 aromatic heterocycles. The summed E-state index contributed by atoms with van der Waals surface area (Å²) < 4.78 is 1.62. The molecule has 0 unspecified atom stereocenters. The quantitative estimate of drug-likeness (QED) is 0.784. The average molecular weight is 334 g/mol. The van der Waals surface area contributed by atoms with Crippen LogP contribution in [0.1, 0.15) is 22.3 Å². The van der Waals surface area contributed by atoms with Gasteiger partial charge in [-0.1, -0.05) is 30.3 Å². The number of aromatic hydroxyl groups is 1. The highest BCUT2D eigenvalue weighted by atomic mass is 16.3. The number of hydrogen-bond acceptors (Lipinski definition) is 3. The number of carbonyl (C=O) groups is 1. The molecule has 4 rings (SSSR count). The number of amides is 1. The number of rotatable bonds is 2. The van der Waals surface area contributed by atoms with Gasteiger partial charge in [0.15, 0.2) is 0 Å². The predicted octanol–water partition coefficient (Wildman–Crippen LogP) is 2.93. The number of carbonyl (C=O) groups excluding carboxylic acids is 1. The largest absolute Gasteiger partial charge is 0.506 e. The molecule has 5 nitrogen and oxygen atoms in total. The van der Waals surface area contributed by atoms with Gasteiger partial charge in [0.25, 0.3) is 11.5 Å². The lowest BCUT2D eigenvalue weighted by Crippen LogP contribution is -2.35. The zero-order valence-corrected chi connectivity index (χ0v) is 13.9. The normalized spacial score (nSPS) is 13.0. The van der Waals surface area contributed by atoms with Crippen molar-refractivity contribution in [3.8, 4) is 5.75 Å². The maximum Gasteiger partial charge on any atom is 0.267 e. The van der Waals surface area contributed by atoms with Crippen molar-refractivity contribution in [1.82, 2.24) is 4.57 Å². The lowest BCUT2D eigenvalue weighted by molar-refractivity contribution is 0.0988. The second kappa shape index (κ2) is 5.77. The van der Waals surface area contributed by atoms with Crippen LogP contribution in [0.25, 0.3) is 10.9 Å². The molecule has 126 valence electrons. The molecule has 5 heteroatoms. The average Bonchev–Trinajstić information content (AvgIpc) is 2.66. The van der Waals surface area contributed by atoms with Crippen LogP contribution in [0.2, 0.25) is 0 Å². The molecule has 0 fully saturated rings. The van der Waals surface area contributed by atoms with Gasteiger partial charge in [0.2, 0.25) is 0 Å². The summed E-state index contributed by atoms with van der Waals surface area (Å²) in [6.07, 6.45) is 1.71. The van der Waals surface area contributed by atoms with Gasteiger partial charge in [-0.15, -0.1) is 0 Å². The van der Waals surface area contributed by atoms with Crippen molar-refractivity contribution in [2.24, 2.45) is 0 Å². The minimum absolute atomic E-state index is 0.169. The highest BCUT2D eigenvalue weighted by Gasteiger charge is 2.27. The van der Waals surface area contributed by atoms with E-state index in [1.54, 1.807) is 29.8 Å². The summed E-state index contributed by atoms with van der Waals surface area (Å²) in [5.41, 5.74) is 1.85. The Kier molecular flexibility index (Phi) is 3.57. The van der Waals surface area contributed by atoms with Gasteiger partial charge in [-0.25, -0.2) is 0 Å². The molecule has 2 aromatic carbocycles. The first-order chi connectivity index (χ1) is 12.1. The highest BCUT2D eigenvalue weighted by Crippen LogP contribution is 2.32. The fourth-order valence-electron chi connectivity index (χ4n) is 3.55. The van der Waals surface area contributed by atoms with E-state index in [1.807, 2.05) is 30.3 Å².